The summed E-state index contributed by atoms with van der Waals surface area (Å²) in [4.78, 5) is 18.5. The summed E-state index contributed by atoms with van der Waals surface area (Å²) >= 11 is 0. The van der Waals surface area contributed by atoms with Crippen molar-refractivity contribution in [2.45, 2.75) is 25.8 Å². The van der Waals surface area contributed by atoms with Crippen molar-refractivity contribution < 1.29 is 13.6 Å². The van der Waals surface area contributed by atoms with E-state index >= 15 is 0 Å². The van der Waals surface area contributed by atoms with Gasteiger partial charge in [0.05, 0.1) is 12.2 Å². The fourth-order valence-corrected chi connectivity index (χ4v) is 3.11. The smallest absolute Gasteiger partial charge is 0.220 e. The van der Waals surface area contributed by atoms with Gasteiger partial charge in [0, 0.05) is 24.9 Å². The van der Waals surface area contributed by atoms with Crippen LogP contribution >= 0.6 is 0 Å². The minimum absolute atomic E-state index is 0.0941. The maximum atomic E-state index is 13.5. The maximum Gasteiger partial charge on any atom is 0.220 e. The lowest BCUT2D eigenvalue weighted by atomic mass is 10.1. The monoisotopic (exact) mass is 395 g/mol. The molecule has 0 radical (unpaired) electrons. The van der Waals surface area contributed by atoms with Crippen molar-refractivity contribution in [3.8, 4) is 11.3 Å². The van der Waals surface area contributed by atoms with Gasteiger partial charge in [-0.2, -0.15) is 0 Å². The number of benzene rings is 2. The lowest BCUT2D eigenvalue weighted by Gasteiger charge is -2.25. The zero-order chi connectivity index (χ0) is 20.8. The molecule has 5 nitrogen and oxygen atoms in total. The Hall–Kier alpha value is -2.99. The molecule has 0 saturated heterocycles. The average Bonchev–Trinajstić information content (AvgIpc) is 3.16. The van der Waals surface area contributed by atoms with Gasteiger partial charge in [0.25, 0.3) is 0 Å². The first-order chi connectivity index (χ1) is 13.9. The Morgan fingerprint density at radius 1 is 1.21 bits per heavy atom. The molecule has 0 aliphatic carbocycles. The van der Waals surface area contributed by atoms with E-state index in [4.69, 9.17) is 4.42 Å². The molecule has 0 aliphatic rings. The summed E-state index contributed by atoms with van der Waals surface area (Å²) in [5.74, 6) is 0.849. The predicted molar refractivity (Wildman–Crippen MR) is 111 cm³/mol. The second kappa shape index (κ2) is 9.47. The highest BCUT2D eigenvalue weighted by Crippen LogP contribution is 2.21. The number of amides is 1. The summed E-state index contributed by atoms with van der Waals surface area (Å²) in [7, 11) is 3.81. The molecule has 3 rings (SSSR count). The van der Waals surface area contributed by atoms with Crippen LogP contribution in [0.2, 0.25) is 0 Å². The third-order valence-electron chi connectivity index (χ3n) is 4.80. The molecule has 1 heterocycles. The van der Waals surface area contributed by atoms with Crippen LogP contribution in [0.3, 0.4) is 0 Å². The number of halogens is 1. The van der Waals surface area contributed by atoms with Gasteiger partial charge in [-0.3, -0.25) is 4.79 Å². The van der Waals surface area contributed by atoms with E-state index in [2.05, 4.69) is 10.3 Å². The highest BCUT2D eigenvalue weighted by molar-refractivity contribution is 5.76. The first kappa shape index (κ1) is 20.7. The van der Waals surface area contributed by atoms with E-state index in [1.54, 1.807) is 12.3 Å². The van der Waals surface area contributed by atoms with Gasteiger partial charge < -0.3 is 14.6 Å². The van der Waals surface area contributed by atoms with Crippen molar-refractivity contribution in [2.75, 3.05) is 20.6 Å². The second-order valence-electron chi connectivity index (χ2n) is 7.32. The molecule has 0 fully saturated rings. The number of rotatable bonds is 8. The number of oxazole rings is 1. The van der Waals surface area contributed by atoms with E-state index < -0.39 is 0 Å². The summed E-state index contributed by atoms with van der Waals surface area (Å²) < 4.78 is 19.3. The number of nitrogens with one attached hydrogen (secondary N) is 1. The molecule has 0 aliphatic heterocycles. The zero-order valence-corrected chi connectivity index (χ0v) is 17.0. The van der Waals surface area contributed by atoms with E-state index in [0.717, 1.165) is 11.1 Å². The Kier molecular flexibility index (Phi) is 6.77. The highest BCUT2D eigenvalue weighted by Gasteiger charge is 2.16. The SMILES string of the molecule is Cc1ccc(-c2cnc(CCC(=O)NC[C@@H](c3cccc(F)c3)N(C)C)o2)cc1. The van der Waals surface area contributed by atoms with Crippen LogP contribution in [0, 0.1) is 12.7 Å². The lowest BCUT2D eigenvalue weighted by Crippen LogP contribution is -2.34. The van der Waals surface area contributed by atoms with E-state index in [9.17, 15) is 9.18 Å². The van der Waals surface area contributed by atoms with Crippen LogP contribution in [0.1, 0.15) is 29.5 Å². The topological polar surface area (TPSA) is 58.4 Å². The Morgan fingerprint density at radius 3 is 2.66 bits per heavy atom. The number of aryl methyl sites for hydroxylation is 2. The van der Waals surface area contributed by atoms with Crippen LogP contribution in [0.15, 0.2) is 59.1 Å². The van der Waals surface area contributed by atoms with Crippen LogP contribution in [-0.4, -0.2) is 36.4 Å². The fraction of sp³-hybridized carbons (Fsp3) is 0.304. The molecule has 1 aromatic heterocycles. The number of carbonyl (C=O) groups is 1. The largest absolute Gasteiger partial charge is 0.441 e. The summed E-state index contributed by atoms with van der Waals surface area (Å²) in [6.45, 7) is 2.43. The van der Waals surface area contributed by atoms with Crippen LogP contribution in [0.25, 0.3) is 11.3 Å². The molecular formula is C23H26FN3O2. The standard InChI is InChI=1S/C23H26FN3O2/c1-16-7-9-17(10-8-16)21-15-26-23(29-21)12-11-22(28)25-14-20(27(2)3)18-5-4-6-19(24)13-18/h4-10,13,15,20H,11-12,14H2,1-3H3,(H,25,28)/t20-/m0/s1. The van der Waals surface area contributed by atoms with Crippen molar-refractivity contribution in [3.63, 3.8) is 0 Å². The Labute approximate surface area is 170 Å². The van der Waals surface area contributed by atoms with Crippen LogP contribution in [-0.2, 0) is 11.2 Å². The molecule has 3 aromatic rings. The number of aromatic nitrogens is 1. The molecule has 0 unspecified atom stereocenters. The lowest BCUT2D eigenvalue weighted by molar-refractivity contribution is -0.121. The molecule has 1 amide bonds. The fourth-order valence-electron chi connectivity index (χ4n) is 3.11. The average molecular weight is 395 g/mol. The minimum atomic E-state index is -0.283. The minimum Gasteiger partial charge on any atom is -0.441 e. The Balaban J connectivity index is 1.52. The molecule has 0 bridgehead atoms. The Morgan fingerprint density at radius 2 is 1.97 bits per heavy atom. The quantitative estimate of drug-likeness (QED) is 0.623. The number of hydrogen-bond donors (Lipinski definition) is 1. The Bertz CT molecular complexity index is 951. The zero-order valence-electron chi connectivity index (χ0n) is 17.0. The van der Waals surface area contributed by atoms with Crippen LogP contribution < -0.4 is 5.32 Å². The number of nitrogens with zero attached hydrogens (tertiary/aromatic N) is 2. The van der Waals surface area contributed by atoms with Gasteiger partial charge in [0.15, 0.2) is 11.7 Å². The number of carbonyl (C=O) groups excluding carboxylic acids is 1. The van der Waals surface area contributed by atoms with Gasteiger partial charge >= 0.3 is 0 Å². The van der Waals surface area contributed by atoms with E-state index in [0.29, 0.717) is 24.6 Å². The van der Waals surface area contributed by atoms with Crippen molar-refractivity contribution in [1.29, 1.82) is 0 Å². The first-order valence-corrected chi connectivity index (χ1v) is 9.62. The molecule has 1 N–H and O–H groups in total. The normalized spacial score (nSPS) is 12.2. The first-order valence-electron chi connectivity index (χ1n) is 9.62. The molecule has 2 aromatic carbocycles. The molecule has 6 heteroatoms. The molecule has 1 atom stereocenters. The van der Waals surface area contributed by atoms with Crippen molar-refractivity contribution in [2.24, 2.45) is 0 Å². The van der Waals surface area contributed by atoms with Gasteiger partial charge in [-0.15, -0.1) is 0 Å². The van der Waals surface area contributed by atoms with Crippen molar-refractivity contribution in [3.05, 3.63) is 77.6 Å². The van der Waals surface area contributed by atoms with Gasteiger partial charge in [-0.25, -0.2) is 9.37 Å². The van der Waals surface area contributed by atoms with E-state index in [1.165, 1.54) is 17.7 Å². The van der Waals surface area contributed by atoms with Crippen molar-refractivity contribution >= 4 is 5.91 Å². The summed E-state index contributed by atoms with van der Waals surface area (Å²) in [6, 6.07) is 14.3. The van der Waals surface area contributed by atoms with Crippen molar-refractivity contribution in [1.82, 2.24) is 15.2 Å². The third kappa shape index (κ3) is 5.74. The highest BCUT2D eigenvalue weighted by atomic mass is 19.1. The van der Waals surface area contributed by atoms with Gasteiger partial charge in [0.1, 0.15) is 5.82 Å². The molecular weight excluding hydrogens is 369 g/mol. The van der Waals surface area contributed by atoms with Crippen LogP contribution in [0.5, 0.6) is 0 Å². The van der Waals surface area contributed by atoms with E-state index in [-0.39, 0.29) is 24.2 Å². The summed E-state index contributed by atoms with van der Waals surface area (Å²) in [5, 5.41) is 2.92. The van der Waals surface area contributed by atoms with Crippen LogP contribution in [0.4, 0.5) is 4.39 Å². The predicted octanol–water partition coefficient (Wildman–Crippen LogP) is 4.14. The molecule has 152 valence electrons. The second-order valence-corrected chi connectivity index (χ2v) is 7.32. The summed E-state index contributed by atoms with van der Waals surface area (Å²) in [5.41, 5.74) is 2.97. The number of hydrogen-bond acceptors (Lipinski definition) is 4. The maximum absolute atomic E-state index is 13.5. The molecule has 29 heavy (non-hydrogen) atoms. The van der Waals surface area contributed by atoms with Gasteiger partial charge in [0.2, 0.25) is 5.91 Å². The van der Waals surface area contributed by atoms with Gasteiger partial charge in [-0.05, 0) is 38.7 Å². The van der Waals surface area contributed by atoms with E-state index in [1.807, 2.05) is 56.3 Å². The third-order valence-corrected chi connectivity index (χ3v) is 4.80. The number of likely N-dealkylation sites (N-methyl/N-ethyl adjacent to an activating group) is 1. The van der Waals surface area contributed by atoms with Gasteiger partial charge in [-0.1, -0.05) is 42.0 Å². The molecule has 0 spiro atoms. The molecule has 0 saturated carbocycles. The summed E-state index contributed by atoms with van der Waals surface area (Å²) in [6.07, 6.45) is 2.38.